The van der Waals surface area contributed by atoms with Gasteiger partial charge in [-0.15, -0.1) is 0 Å². The second-order valence-electron chi connectivity index (χ2n) is 10.6. The summed E-state index contributed by atoms with van der Waals surface area (Å²) in [5.74, 6) is 0.0285. The summed E-state index contributed by atoms with van der Waals surface area (Å²) in [6, 6.07) is 26.6. The SMILES string of the molecule is CC.CC.CC(O)c1ccccc1CCCc1cccc(/C=C/c2ccc3ccc(Cl)cc3n2)c1.O=C(O)CC1(CS)CC1. The Hall–Kier alpha value is -3.12. The normalized spacial score (nSPS) is 13.5. The van der Waals surface area contributed by atoms with Crippen LogP contribution in [0, 0.1) is 5.41 Å². The molecule has 0 spiro atoms. The molecule has 236 valence electrons. The van der Waals surface area contributed by atoms with Crippen molar-refractivity contribution in [2.45, 2.75) is 79.2 Å². The van der Waals surface area contributed by atoms with Crippen LogP contribution in [-0.2, 0) is 17.6 Å². The first-order valence-electron chi connectivity index (χ1n) is 15.7. The maximum atomic E-state index is 10.2. The number of hydrogen-bond donors (Lipinski definition) is 3. The van der Waals surface area contributed by atoms with Gasteiger partial charge >= 0.3 is 5.97 Å². The number of fused-ring (bicyclic) bond motifs is 1. The van der Waals surface area contributed by atoms with Crippen molar-refractivity contribution in [3.05, 3.63) is 112 Å². The van der Waals surface area contributed by atoms with Crippen LogP contribution in [0.2, 0.25) is 5.02 Å². The molecule has 3 aromatic carbocycles. The van der Waals surface area contributed by atoms with E-state index in [1.54, 1.807) is 0 Å². The number of thiol groups is 1. The van der Waals surface area contributed by atoms with E-state index in [4.69, 9.17) is 16.7 Å². The lowest BCUT2D eigenvalue weighted by Gasteiger charge is -2.11. The third kappa shape index (κ3) is 12.1. The lowest BCUT2D eigenvalue weighted by Crippen LogP contribution is -2.09. The highest BCUT2D eigenvalue weighted by Gasteiger charge is 2.42. The number of aliphatic hydroxyl groups is 1. The zero-order valence-electron chi connectivity index (χ0n) is 26.8. The highest BCUT2D eigenvalue weighted by molar-refractivity contribution is 7.80. The summed E-state index contributed by atoms with van der Waals surface area (Å²) in [7, 11) is 0. The van der Waals surface area contributed by atoms with Gasteiger partial charge in [0, 0.05) is 10.4 Å². The van der Waals surface area contributed by atoms with E-state index in [2.05, 4.69) is 60.1 Å². The Labute approximate surface area is 274 Å². The molecule has 1 atom stereocenters. The summed E-state index contributed by atoms with van der Waals surface area (Å²) >= 11 is 10.2. The van der Waals surface area contributed by atoms with Crippen LogP contribution in [-0.4, -0.2) is 26.9 Å². The van der Waals surface area contributed by atoms with Gasteiger partial charge in [0.2, 0.25) is 0 Å². The van der Waals surface area contributed by atoms with Gasteiger partial charge < -0.3 is 10.2 Å². The van der Waals surface area contributed by atoms with Crippen molar-refractivity contribution in [2.24, 2.45) is 5.41 Å². The molecule has 0 aliphatic heterocycles. The molecular formula is C38H48ClNO3S. The monoisotopic (exact) mass is 633 g/mol. The summed E-state index contributed by atoms with van der Waals surface area (Å²) in [4.78, 5) is 14.9. The second kappa shape index (κ2) is 19.3. The van der Waals surface area contributed by atoms with Crippen molar-refractivity contribution in [1.29, 1.82) is 0 Å². The van der Waals surface area contributed by atoms with Crippen LogP contribution in [0.15, 0.2) is 78.9 Å². The number of aryl methyl sites for hydroxylation is 2. The molecule has 1 unspecified atom stereocenters. The Morgan fingerprint density at radius 2 is 1.66 bits per heavy atom. The van der Waals surface area contributed by atoms with E-state index in [-0.39, 0.29) is 5.41 Å². The molecule has 1 aliphatic rings. The third-order valence-electron chi connectivity index (χ3n) is 7.31. The van der Waals surface area contributed by atoms with Gasteiger partial charge in [-0.3, -0.25) is 4.79 Å². The minimum atomic E-state index is -0.693. The molecule has 2 N–H and O–H groups in total. The van der Waals surface area contributed by atoms with Crippen LogP contribution in [0.5, 0.6) is 0 Å². The summed E-state index contributed by atoms with van der Waals surface area (Å²) in [5, 5.41) is 20.1. The van der Waals surface area contributed by atoms with Crippen molar-refractivity contribution < 1.29 is 15.0 Å². The molecule has 1 saturated carbocycles. The zero-order valence-corrected chi connectivity index (χ0v) is 28.4. The molecule has 6 heteroatoms. The minimum absolute atomic E-state index is 0.0783. The van der Waals surface area contributed by atoms with Crippen molar-refractivity contribution in [1.82, 2.24) is 4.98 Å². The number of hydrogen-bond acceptors (Lipinski definition) is 4. The zero-order chi connectivity index (χ0) is 32.5. The summed E-state index contributed by atoms with van der Waals surface area (Å²) in [6.45, 7) is 9.83. The summed E-state index contributed by atoms with van der Waals surface area (Å²) in [5.41, 5.74) is 6.63. The quantitative estimate of drug-likeness (QED) is 0.152. The van der Waals surface area contributed by atoms with Crippen LogP contribution < -0.4 is 0 Å². The molecular weight excluding hydrogens is 586 g/mol. The summed E-state index contributed by atoms with van der Waals surface area (Å²) in [6.07, 6.45) is 9.12. The maximum absolute atomic E-state index is 10.2. The van der Waals surface area contributed by atoms with E-state index in [1.807, 2.05) is 83.2 Å². The Morgan fingerprint density at radius 1 is 0.955 bits per heavy atom. The topological polar surface area (TPSA) is 70.4 Å². The van der Waals surface area contributed by atoms with E-state index in [0.717, 1.165) is 65.6 Å². The maximum Gasteiger partial charge on any atom is 0.303 e. The van der Waals surface area contributed by atoms with E-state index in [1.165, 1.54) is 11.1 Å². The Kier molecular flexibility index (Phi) is 16.3. The fraction of sp³-hybridized carbons (Fsp3) is 0.368. The summed E-state index contributed by atoms with van der Waals surface area (Å²) < 4.78 is 0. The van der Waals surface area contributed by atoms with Gasteiger partial charge in [0.25, 0.3) is 0 Å². The fourth-order valence-electron chi connectivity index (χ4n) is 4.77. The molecule has 0 saturated heterocycles. The number of aliphatic hydroxyl groups excluding tert-OH is 1. The van der Waals surface area contributed by atoms with Crippen LogP contribution >= 0.6 is 24.2 Å². The predicted molar refractivity (Wildman–Crippen MR) is 192 cm³/mol. The van der Waals surface area contributed by atoms with Gasteiger partial charge in [-0.05, 0) is 96.7 Å². The smallest absolute Gasteiger partial charge is 0.303 e. The number of benzene rings is 3. The van der Waals surface area contributed by atoms with Crippen LogP contribution in [0.4, 0.5) is 0 Å². The van der Waals surface area contributed by atoms with Crippen LogP contribution in [0.25, 0.3) is 23.1 Å². The van der Waals surface area contributed by atoms with E-state index in [0.29, 0.717) is 11.4 Å². The van der Waals surface area contributed by atoms with Crippen molar-refractivity contribution in [2.75, 3.05) is 5.75 Å². The first-order valence-corrected chi connectivity index (χ1v) is 16.7. The van der Waals surface area contributed by atoms with E-state index < -0.39 is 12.1 Å². The van der Waals surface area contributed by atoms with Gasteiger partial charge in [0.1, 0.15) is 0 Å². The Balaban J connectivity index is 0.000000438. The number of rotatable bonds is 10. The molecule has 0 radical (unpaired) electrons. The average molecular weight is 634 g/mol. The standard InChI is InChI=1S/C28H26ClNO.C6H10O2S.2C2H6/c1-20(31)27-11-3-2-9-23(27)10-5-8-21-6-4-7-22(18-21)12-16-26-17-14-24-13-15-25(29)19-28(24)30-26;7-5(8)3-6(4-9)1-2-6;2*1-2/h2-4,6-7,9,11-20,31H,5,8,10H2,1H3;9H,1-4H2,(H,7,8);2*1-2H3/b16-12+;;;. The lowest BCUT2D eigenvalue weighted by molar-refractivity contribution is -0.138. The van der Waals surface area contributed by atoms with Gasteiger partial charge in [0.15, 0.2) is 0 Å². The highest BCUT2D eigenvalue weighted by Crippen LogP contribution is 2.49. The van der Waals surface area contributed by atoms with Crippen molar-refractivity contribution in [3.8, 4) is 0 Å². The number of carbonyl (C=O) groups is 1. The first kappa shape index (κ1) is 37.1. The number of carboxylic acid groups (broad SMARTS) is 1. The minimum Gasteiger partial charge on any atom is -0.481 e. The first-order chi connectivity index (χ1) is 21.3. The van der Waals surface area contributed by atoms with Gasteiger partial charge in [-0.2, -0.15) is 12.6 Å². The predicted octanol–water partition coefficient (Wildman–Crippen LogP) is 10.5. The fourth-order valence-corrected chi connectivity index (χ4v) is 5.37. The lowest BCUT2D eigenvalue weighted by atomic mass is 9.97. The van der Waals surface area contributed by atoms with Crippen molar-refractivity contribution in [3.63, 3.8) is 0 Å². The molecule has 5 rings (SSSR count). The number of aliphatic carboxylic acids is 1. The second-order valence-corrected chi connectivity index (χ2v) is 11.4. The van der Waals surface area contributed by atoms with Gasteiger partial charge in [-0.1, -0.05) is 106 Å². The van der Waals surface area contributed by atoms with Gasteiger partial charge in [-0.25, -0.2) is 4.98 Å². The molecule has 1 aliphatic carbocycles. The third-order valence-corrected chi connectivity index (χ3v) is 8.21. The largest absolute Gasteiger partial charge is 0.481 e. The molecule has 1 fully saturated rings. The van der Waals surface area contributed by atoms with Gasteiger partial charge in [0.05, 0.1) is 23.7 Å². The van der Waals surface area contributed by atoms with E-state index in [9.17, 15) is 9.90 Å². The molecule has 0 bridgehead atoms. The Bertz CT molecular complexity index is 1480. The Morgan fingerprint density at radius 3 is 2.30 bits per heavy atom. The number of nitrogens with zero attached hydrogens (tertiary/aromatic N) is 1. The number of halogens is 1. The molecule has 44 heavy (non-hydrogen) atoms. The van der Waals surface area contributed by atoms with Crippen LogP contribution in [0.1, 0.15) is 94.4 Å². The highest BCUT2D eigenvalue weighted by atomic mass is 35.5. The van der Waals surface area contributed by atoms with E-state index >= 15 is 0 Å². The number of aromatic nitrogens is 1. The average Bonchev–Trinajstić information content (AvgIpc) is 3.81. The van der Waals surface area contributed by atoms with Crippen LogP contribution in [0.3, 0.4) is 0 Å². The van der Waals surface area contributed by atoms with Crippen molar-refractivity contribution >= 4 is 53.3 Å². The molecule has 1 heterocycles. The number of carboxylic acids is 1. The molecule has 1 aromatic heterocycles. The number of pyridine rings is 1. The molecule has 4 aromatic rings. The molecule has 4 nitrogen and oxygen atoms in total. The molecule has 0 amide bonds.